The lowest BCUT2D eigenvalue weighted by atomic mass is 10.1. The smallest absolute Gasteiger partial charge is 0.111 e. The van der Waals surface area contributed by atoms with E-state index in [1.54, 1.807) is 12.1 Å². The molecule has 0 aliphatic carbocycles. The second kappa shape index (κ2) is 7.04. The summed E-state index contributed by atoms with van der Waals surface area (Å²) in [6, 6.07) is 5.22. The van der Waals surface area contributed by atoms with Crippen LogP contribution in [0.3, 0.4) is 0 Å². The van der Waals surface area contributed by atoms with Gasteiger partial charge in [-0.15, -0.1) is 0 Å². The average molecular weight is 322 g/mol. The summed E-state index contributed by atoms with van der Waals surface area (Å²) >= 11 is 11.9. The van der Waals surface area contributed by atoms with Crippen LogP contribution in [0.2, 0.25) is 10.0 Å². The molecule has 1 heterocycles. The minimum atomic E-state index is -1.06. The fourth-order valence-electron chi connectivity index (χ4n) is 2.16. The monoisotopic (exact) mass is 321 g/mol. The van der Waals surface area contributed by atoms with Gasteiger partial charge in [0.15, 0.2) is 0 Å². The molecule has 0 spiro atoms. The number of rotatable bonds is 5. The van der Waals surface area contributed by atoms with E-state index in [0.717, 1.165) is 5.56 Å². The summed E-state index contributed by atoms with van der Waals surface area (Å²) in [7, 11) is 0. The first-order chi connectivity index (χ1) is 9.52. The number of nitrogens with one attached hydrogen (secondary N) is 1. The Kier molecular flexibility index (Phi) is 5.63. The molecule has 0 aromatic heterocycles. The summed E-state index contributed by atoms with van der Waals surface area (Å²) in [6.07, 6.45) is -3.38. The Labute approximate surface area is 127 Å². The normalized spacial score (nSPS) is 29.9. The molecular weight excluding hydrogens is 305 g/mol. The van der Waals surface area contributed by atoms with Crippen LogP contribution in [0.1, 0.15) is 5.56 Å². The van der Waals surface area contributed by atoms with E-state index in [9.17, 15) is 10.2 Å². The summed E-state index contributed by atoms with van der Waals surface area (Å²) in [6.45, 7) is 0.508. The average Bonchev–Trinajstić information content (AvgIpc) is 2.69. The van der Waals surface area contributed by atoms with Crippen LogP contribution in [-0.4, -0.2) is 52.9 Å². The highest BCUT2D eigenvalue weighted by Crippen LogP contribution is 2.22. The first-order valence-electron chi connectivity index (χ1n) is 6.30. The fourth-order valence-corrected chi connectivity index (χ4v) is 2.63. The second-order valence-corrected chi connectivity index (χ2v) is 5.59. The molecule has 4 N–H and O–H groups in total. The minimum absolute atomic E-state index is 0.322. The molecule has 1 fully saturated rings. The van der Waals surface area contributed by atoms with Crippen LogP contribution < -0.4 is 5.32 Å². The van der Waals surface area contributed by atoms with Crippen LogP contribution in [0.15, 0.2) is 18.2 Å². The van der Waals surface area contributed by atoms with Crippen molar-refractivity contribution in [2.75, 3.05) is 13.2 Å². The molecule has 0 unspecified atom stereocenters. The van der Waals surface area contributed by atoms with Gasteiger partial charge in [-0.3, -0.25) is 0 Å². The maximum Gasteiger partial charge on any atom is 0.111 e. The zero-order valence-corrected chi connectivity index (χ0v) is 12.2. The molecule has 4 atom stereocenters. The van der Waals surface area contributed by atoms with Crippen molar-refractivity contribution in [3.63, 3.8) is 0 Å². The van der Waals surface area contributed by atoms with Crippen molar-refractivity contribution in [2.45, 2.75) is 31.0 Å². The zero-order chi connectivity index (χ0) is 14.7. The molecule has 0 radical (unpaired) electrons. The van der Waals surface area contributed by atoms with Crippen molar-refractivity contribution in [3.05, 3.63) is 33.8 Å². The Morgan fingerprint density at radius 3 is 2.45 bits per heavy atom. The van der Waals surface area contributed by atoms with E-state index in [-0.39, 0.29) is 6.61 Å². The summed E-state index contributed by atoms with van der Waals surface area (Å²) in [5, 5.41) is 32.6. The third-order valence-electron chi connectivity index (χ3n) is 3.32. The van der Waals surface area contributed by atoms with E-state index in [1.165, 1.54) is 0 Å². The molecule has 0 bridgehead atoms. The second-order valence-electron chi connectivity index (χ2n) is 4.74. The molecule has 1 aliphatic heterocycles. The van der Waals surface area contributed by atoms with Gasteiger partial charge < -0.3 is 25.4 Å². The lowest BCUT2D eigenvalue weighted by Gasteiger charge is -2.15. The lowest BCUT2D eigenvalue weighted by Crippen LogP contribution is -2.38. The molecule has 5 nitrogen and oxygen atoms in total. The van der Waals surface area contributed by atoms with Crippen molar-refractivity contribution in [2.24, 2.45) is 0 Å². The number of benzene rings is 1. The van der Waals surface area contributed by atoms with E-state index < -0.39 is 24.4 Å². The summed E-state index contributed by atoms with van der Waals surface area (Å²) in [4.78, 5) is 0. The first-order valence-corrected chi connectivity index (χ1v) is 7.05. The highest BCUT2D eigenvalue weighted by atomic mass is 35.5. The highest BCUT2D eigenvalue weighted by Gasteiger charge is 2.41. The molecule has 1 aliphatic rings. The van der Waals surface area contributed by atoms with Crippen molar-refractivity contribution in [1.82, 2.24) is 5.32 Å². The van der Waals surface area contributed by atoms with Gasteiger partial charge in [0, 0.05) is 23.1 Å². The maximum absolute atomic E-state index is 9.78. The molecule has 1 saturated heterocycles. The molecule has 20 heavy (non-hydrogen) atoms. The van der Waals surface area contributed by atoms with Crippen LogP contribution in [0, 0.1) is 0 Å². The highest BCUT2D eigenvalue weighted by molar-refractivity contribution is 6.35. The van der Waals surface area contributed by atoms with Crippen LogP contribution in [0.5, 0.6) is 0 Å². The lowest BCUT2D eigenvalue weighted by molar-refractivity contribution is -0.0213. The number of hydrogen-bond donors (Lipinski definition) is 4. The van der Waals surface area contributed by atoms with Crippen molar-refractivity contribution >= 4 is 23.2 Å². The SMILES string of the molecule is OC[C@H]1O[C@H](CNCc2ccc(Cl)cc2Cl)[C@@H](O)[C@@H]1O. The molecule has 1 aromatic carbocycles. The Hall–Kier alpha value is -0.400. The summed E-state index contributed by atoms with van der Waals surface area (Å²) < 4.78 is 5.36. The van der Waals surface area contributed by atoms with Gasteiger partial charge in [-0.2, -0.15) is 0 Å². The Balaban J connectivity index is 1.84. The minimum Gasteiger partial charge on any atom is -0.394 e. The van der Waals surface area contributed by atoms with E-state index in [0.29, 0.717) is 23.1 Å². The van der Waals surface area contributed by atoms with Gasteiger partial charge >= 0.3 is 0 Å². The molecule has 1 aromatic rings. The van der Waals surface area contributed by atoms with Crippen LogP contribution in [0.25, 0.3) is 0 Å². The molecule has 2 rings (SSSR count). The van der Waals surface area contributed by atoms with E-state index in [1.807, 2.05) is 6.07 Å². The Morgan fingerprint density at radius 1 is 1.15 bits per heavy atom. The van der Waals surface area contributed by atoms with Crippen LogP contribution >= 0.6 is 23.2 Å². The van der Waals surface area contributed by atoms with Gasteiger partial charge in [-0.05, 0) is 17.7 Å². The van der Waals surface area contributed by atoms with Crippen molar-refractivity contribution in [1.29, 1.82) is 0 Å². The number of halogens is 2. The molecule has 0 amide bonds. The number of aliphatic hydroxyl groups excluding tert-OH is 3. The van der Waals surface area contributed by atoms with Gasteiger partial charge in [-0.25, -0.2) is 0 Å². The van der Waals surface area contributed by atoms with Gasteiger partial charge in [0.2, 0.25) is 0 Å². The molecule has 112 valence electrons. The van der Waals surface area contributed by atoms with Crippen molar-refractivity contribution in [3.8, 4) is 0 Å². The predicted molar refractivity (Wildman–Crippen MR) is 75.9 cm³/mol. The zero-order valence-electron chi connectivity index (χ0n) is 10.7. The third kappa shape index (κ3) is 3.62. The van der Waals surface area contributed by atoms with Gasteiger partial charge in [-0.1, -0.05) is 29.3 Å². The summed E-state index contributed by atoms with van der Waals surface area (Å²) in [5.41, 5.74) is 0.878. The Bertz CT molecular complexity index is 460. The predicted octanol–water partition coefficient (Wildman–Crippen LogP) is 0.564. The first kappa shape index (κ1) is 16.0. The van der Waals surface area contributed by atoms with Gasteiger partial charge in [0.25, 0.3) is 0 Å². The standard InChI is InChI=1S/C13H17Cl2NO4/c14-8-2-1-7(9(15)3-8)4-16-5-10-12(18)13(19)11(6-17)20-10/h1-3,10-13,16-19H,4-6H2/t10-,11-,12-,13-/m1/s1. The number of ether oxygens (including phenoxy) is 1. The van der Waals surface area contributed by atoms with E-state index in [4.69, 9.17) is 33.0 Å². The molecule has 0 saturated carbocycles. The number of aliphatic hydroxyl groups is 3. The van der Waals surface area contributed by atoms with E-state index >= 15 is 0 Å². The van der Waals surface area contributed by atoms with Gasteiger partial charge in [0.1, 0.15) is 18.3 Å². The van der Waals surface area contributed by atoms with Gasteiger partial charge in [0.05, 0.1) is 12.7 Å². The quantitative estimate of drug-likeness (QED) is 0.637. The number of hydrogen-bond acceptors (Lipinski definition) is 5. The summed E-state index contributed by atoms with van der Waals surface area (Å²) in [5.74, 6) is 0. The van der Waals surface area contributed by atoms with Crippen LogP contribution in [0.4, 0.5) is 0 Å². The Morgan fingerprint density at radius 2 is 1.85 bits per heavy atom. The topological polar surface area (TPSA) is 82.0 Å². The van der Waals surface area contributed by atoms with Crippen LogP contribution in [-0.2, 0) is 11.3 Å². The van der Waals surface area contributed by atoms with E-state index in [2.05, 4.69) is 5.32 Å². The molecular formula is C13H17Cl2NO4. The van der Waals surface area contributed by atoms with Crippen molar-refractivity contribution < 1.29 is 20.1 Å². The molecule has 7 heteroatoms. The largest absolute Gasteiger partial charge is 0.394 e. The maximum atomic E-state index is 9.78. The third-order valence-corrected chi connectivity index (χ3v) is 3.90. The fraction of sp³-hybridized carbons (Fsp3) is 0.538.